The summed E-state index contributed by atoms with van der Waals surface area (Å²) in [7, 11) is 0. The van der Waals surface area contributed by atoms with Crippen LogP contribution in [0.25, 0.3) is 21.5 Å². The lowest BCUT2D eigenvalue weighted by Gasteiger charge is -2.55. The molecule has 1 saturated carbocycles. The Morgan fingerprint density at radius 3 is 1.58 bits per heavy atom. The number of carbonyl (C=O) groups is 5. The molecule has 8 nitrogen and oxygen atoms in total. The van der Waals surface area contributed by atoms with Gasteiger partial charge in [0.2, 0.25) is 23.6 Å². The fraction of sp³-hybridized carbons (Fsp3) is 0.270. The minimum absolute atomic E-state index is 0.0998. The molecule has 45 heavy (non-hydrogen) atoms. The third-order valence-electron chi connectivity index (χ3n) is 10.7. The fourth-order valence-electron chi connectivity index (χ4n) is 9.09. The van der Waals surface area contributed by atoms with Gasteiger partial charge < -0.3 is 4.74 Å². The highest BCUT2D eigenvalue weighted by atomic mass is 16.5. The van der Waals surface area contributed by atoms with Gasteiger partial charge in [-0.05, 0) is 36.8 Å². The van der Waals surface area contributed by atoms with Gasteiger partial charge in [0.25, 0.3) is 0 Å². The fourth-order valence-corrected chi connectivity index (χ4v) is 9.09. The Morgan fingerprint density at radius 2 is 1.11 bits per heavy atom. The SMILES string of the molecule is CCOC(=O)C1=C(C)C2[C@@H]3C(=O)N(c4cccc5ccccc45)C(=O)[C@@H]3C1(C)[C@H]1C(=O)N(c3cccc4ccccc34)C(=O)[C@@H]21. The van der Waals surface area contributed by atoms with Crippen LogP contribution in [0.4, 0.5) is 11.4 Å². The van der Waals surface area contributed by atoms with Crippen LogP contribution >= 0.6 is 0 Å². The topological polar surface area (TPSA) is 101 Å². The van der Waals surface area contributed by atoms with E-state index in [1.54, 1.807) is 45.0 Å². The van der Waals surface area contributed by atoms with Crippen LogP contribution in [0.5, 0.6) is 0 Å². The van der Waals surface area contributed by atoms with Crippen molar-refractivity contribution in [1.82, 2.24) is 0 Å². The third-order valence-corrected chi connectivity index (χ3v) is 10.7. The van der Waals surface area contributed by atoms with Gasteiger partial charge in [-0.3, -0.25) is 19.2 Å². The number of fused-ring (bicyclic) bond motifs is 2. The molecular formula is C37H30N2O6. The van der Waals surface area contributed by atoms with Crippen molar-refractivity contribution >= 4 is 62.5 Å². The van der Waals surface area contributed by atoms with Crippen LogP contribution in [0, 0.1) is 35.0 Å². The summed E-state index contributed by atoms with van der Waals surface area (Å²) in [5, 5.41) is 3.22. The summed E-state index contributed by atoms with van der Waals surface area (Å²) in [5.74, 6) is -7.08. The Hall–Kier alpha value is -5.11. The average molecular weight is 599 g/mol. The van der Waals surface area contributed by atoms with Gasteiger partial charge in [-0.1, -0.05) is 85.3 Å². The molecule has 5 aliphatic rings. The summed E-state index contributed by atoms with van der Waals surface area (Å²) >= 11 is 0. The molecule has 9 rings (SSSR count). The molecule has 2 bridgehead atoms. The Bertz CT molecular complexity index is 1930. The molecule has 2 aliphatic heterocycles. The lowest BCUT2D eigenvalue weighted by molar-refractivity contribution is -0.155. The lowest BCUT2D eigenvalue weighted by Crippen LogP contribution is -2.61. The van der Waals surface area contributed by atoms with Crippen molar-refractivity contribution in [2.75, 3.05) is 16.4 Å². The first-order valence-electron chi connectivity index (χ1n) is 15.3. The van der Waals surface area contributed by atoms with Gasteiger partial charge in [0.05, 0.1) is 41.7 Å². The monoisotopic (exact) mass is 598 g/mol. The van der Waals surface area contributed by atoms with E-state index in [1.807, 2.05) is 60.7 Å². The molecule has 0 unspecified atom stereocenters. The highest BCUT2D eigenvalue weighted by molar-refractivity contribution is 6.30. The molecule has 3 fully saturated rings. The van der Waals surface area contributed by atoms with Gasteiger partial charge in [0.15, 0.2) is 0 Å². The van der Waals surface area contributed by atoms with Crippen molar-refractivity contribution in [2.45, 2.75) is 20.8 Å². The first-order chi connectivity index (χ1) is 21.7. The maximum Gasteiger partial charge on any atom is 0.334 e. The van der Waals surface area contributed by atoms with Gasteiger partial charge >= 0.3 is 5.97 Å². The number of benzene rings is 4. The van der Waals surface area contributed by atoms with Gasteiger partial charge in [0.1, 0.15) is 0 Å². The third kappa shape index (κ3) is 3.34. The second-order valence-electron chi connectivity index (χ2n) is 12.6. The molecule has 2 heterocycles. The quantitative estimate of drug-likeness (QED) is 0.229. The van der Waals surface area contributed by atoms with Crippen molar-refractivity contribution in [3.63, 3.8) is 0 Å². The van der Waals surface area contributed by atoms with Gasteiger partial charge in [-0.25, -0.2) is 14.6 Å². The van der Waals surface area contributed by atoms with E-state index in [2.05, 4.69) is 0 Å². The van der Waals surface area contributed by atoms with E-state index in [9.17, 15) is 24.0 Å². The molecule has 2 saturated heterocycles. The Labute approximate surface area is 259 Å². The number of imide groups is 2. The first kappa shape index (κ1) is 27.4. The number of amides is 4. The summed E-state index contributed by atoms with van der Waals surface area (Å²) in [6.07, 6.45) is 0. The summed E-state index contributed by atoms with van der Waals surface area (Å²) in [6.45, 7) is 5.26. The molecule has 0 aromatic heterocycles. The van der Waals surface area contributed by atoms with E-state index >= 15 is 0 Å². The molecule has 8 heteroatoms. The number of anilines is 2. The highest BCUT2D eigenvalue weighted by Gasteiger charge is 2.77. The number of hydrogen-bond donors (Lipinski definition) is 0. The molecule has 0 radical (unpaired) electrons. The van der Waals surface area contributed by atoms with Gasteiger partial charge in [-0.2, -0.15) is 0 Å². The van der Waals surface area contributed by atoms with Crippen LogP contribution < -0.4 is 9.80 Å². The van der Waals surface area contributed by atoms with Gasteiger partial charge in [0, 0.05) is 27.7 Å². The number of hydrogen-bond acceptors (Lipinski definition) is 6. The van der Waals surface area contributed by atoms with Crippen molar-refractivity contribution in [3.8, 4) is 0 Å². The van der Waals surface area contributed by atoms with Crippen molar-refractivity contribution < 1.29 is 28.7 Å². The van der Waals surface area contributed by atoms with E-state index in [-0.39, 0.29) is 12.2 Å². The second kappa shape index (κ2) is 9.44. The second-order valence-corrected chi connectivity index (χ2v) is 12.6. The number of nitrogens with zero attached hydrogens (tertiary/aromatic N) is 2. The zero-order valence-electron chi connectivity index (χ0n) is 25.0. The minimum Gasteiger partial charge on any atom is -0.463 e. The lowest BCUT2D eigenvalue weighted by atomic mass is 9.43. The van der Waals surface area contributed by atoms with Crippen LogP contribution in [-0.4, -0.2) is 36.2 Å². The highest BCUT2D eigenvalue weighted by Crippen LogP contribution is 2.69. The standard InChI is InChI=1S/C37H30N2O6/c1-4-45-36(44)29-19(2)26-27-30(34(42)38(32(27)40)24-17-9-13-20-11-5-7-15-22(20)24)37(29,3)31-28(26)33(41)39(35(31)43)25-18-10-14-21-12-6-8-16-23(21)25/h5-18,26-28,30-31H,4H2,1-3H3/t26?,27-,28-,30+,31+,37?/m0/s1. The van der Waals surface area contributed by atoms with Crippen LogP contribution in [0.3, 0.4) is 0 Å². The predicted molar refractivity (Wildman–Crippen MR) is 168 cm³/mol. The average Bonchev–Trinajstić information content (AvgIpc) is 3.46. The zero-order valence-corrected chi connectivity index (χ0v) is 25.0. The molecule has 4 aromatic rings. The van der Waals surface area contributed by atoms with Crippen molar-refractivity contribution in [1.29, 1.82) is 0 Å². The Balaban J connectivity index is 1.33. The first-order valence-corrected chi connectivity index (χ1v) is 15.3. The van der Waals surface area contributed by atoms with Crippen LogP contribution in [0.2, 0.25) is 0 Å². The number of allylic oxidation sites excluding steroid dienone is 1. The number of ether oxygens (including phenoxy) is 1. The number of rotatable bonds is 4. The van der Waals surface area contributed by atoms with Crippen LogP contribution in [-0.2, 0) is 28.7 Å². The molecule has 3 aliphatic carbocycles. The number of esters is 1. The molecule has 4 aromatic carbocycles. The molecule has 0 N–H and O–H groups in total. The van der Waals surface area contributed by atoms with E-state index in [1.165, 1.54) is 9.80 Å². The largest absolute Gasteiger partial charge is 0.463 e. The molecule has 224 valence electrons. The summed E-state index contributed by atoms with van der Waals surface area (Å²) in [5.41, 5.74) is 0.226. The van der Waals surface area contributed by atoms with E-state index in [0.29, 0.717) is 16.9 Å². The summed E-state index contributed by atoms with van der Waals surface area (Å²) in [4.78, 5) is 74.5. The smallest absolute Gasteiger partial charge is 0.334 e. The maximum absolute atomic E-state index is 14.6. The van der Waals surface area contributed by atoms with E-state index < -0.39 is 64.6 Å². The molecular weight excluding hydrogens is 568 g/mol. The zero-order chi connectivity index (χ0) is 31.4. The Morgan fingerprint density at radius 1 is 0.667 bits per heavy atom. The molecule has 0 spiro atoms. The molecule has 4 amide bonds. The predicted octanol–water partition coefficient (Wildman–Crippen LogP) is 5.43. The summed E-state index contributed by atoms with van der Waals surface area (Å²) in [6, 6.07) is 25.9. The summed E-state index contributed by atoms with van der Waals surface area (Å²) < 4.78 is 5.51. The van der Waals surface area contributed by atoms with E-state index in [0.717, 1.165) is 21.5 Å². The minimum atomic E-state index is -1.46. The Kier molecular flexibility index (Phi) is 5.76. The van der Waals surface area contributed by atoms with Crippen LogP contribution in [0.1, 0.15) is 20.8 Å². The molecule has 4 atom stereocenters. The van der Waals surface area contributed by atoms with E-state index in [4.69, 9.17) is 4.74 Å². The van der Waals surface area contributed by atoms with Crippen molar-refractivity contribution in [3.05, 3.63) is 96.1 Å². The normalized spacial score (nSPS) is 28.8. The number of carbonyl (C=O) groups excluding carboxylic acids is 5. The maximum atomic E-state index is 14.6. The van der Waals surface area contributed by atoms with Crippen molar-refractivity contribution in [2.24, 2.45) is 35.0 Å². The van der Waals surface area contributed by atoms with Crippen LogP contribution in [0.15, 0.2) is 96.1 Å². The van der Waals surface area contributed by atoms with Gasteiger partial charge in [-0.15, -0.1) is 0 Å².